The average molecular weight is 629 g/mol. The lowest BCUT2D eigenvalue weighted by Gasteiger charge is -2.42. The van der Waals surface area contributed by atoms with Gasteiger partial charge in [-0.05, 0) is 17.7 Å². The van der Waals surface area contributed by atoms with Crippen molar-refractivity contribution in [3.63, 3.8) is 0 Å². The van der Waals surface area contributed by atoms with E-state index in [-0.39, 0.29) is 17.1 Å². The zero-order valence-corrected chi connectivity index (χ0v) is 22.6. The Morgan fingerprint density at radius 3 is 1.86 bits per heavy atom. The van der Waals surface area contributed by atoms with Crippen LogP contribution in [0.1, 0.15) is 22.0 Å². The fourth-order valence-electron chi connectivity index (χ4n) is 5.18. The van der Waals surface area contributed by atoms with Crippen LogP contribution in [0.4, 0.5) is 0 Å². The summed E-state index contributed by atoms with van der Waals surface area (Å²) in [5.41, 5.74) is -0.395. The first-order valence-corrected chi connectivity index (χ1v) is 13.4. The first-order valence-electron chi connectivity index (χ1n) is 13.4. The van der Waals surface area contributed by atoms with Crippen molar-refractivity contribution in [2.75, 3.05) is 13.2 Å². The minimum Gasteiger partial charge on any atom is -0.507 e. The summed E-state index contributed by atoms with van der Waals surface area (Å²) in [7, 11) is 0. The topological polar surface area (TPSA) is 286 Å². The Hall–Kier alpha value is -3.33. The number of aliphatic hydroxyl groups is 8. The summed E-state index contributed by atoms with van der Waals surface area (Å²) in [4.78, 5) is 13.8. The minimum absolute atomic E-state index is 0.0497. The van der Waals surface area contributed by atoms with Gasteiger partial charge in [0, 0.05) is 12.1 Å². The lowest BCUT2D eigenvalue weighted by Crippen LogP contribution is -2.60. The molecule has 0 radical (unpaired) electrons. The molecule has 12 atom stereocenters. The number of hydrogen-bond donors (Lipinski definition) is 11. The van der Waals surface area contributed by atoms with Gasteiger partial charge in [0.1, 0.15) is 71.6 Å². The third-order valence-electron chi connectivity index (χ3n) is 7.65. The Morgan fingerprint density at radius 2 is 1.27 bits per heavy atom. The molecule has 5 rings (SSSR count). The summed E-state index contributed by atoms with van der Waals surface area (Å²) in [5, 5.41) is 111. The summed E-state index contributed by atoms with van der Waals surface area (Å²) in [6.07, 6.45) is -20.0. The number of ether oxygens (including phenoxy) is 5. The van der Waals surface area contributed by atoms with E-state index in [1.165, 1.54) is 6.07 Å². The van der Waals surface area contributed by atoms with Crippen LogP contribution in [-0.4, -0.2) is 143 Å². The molecule has 17 heteroatoms. The van der Waals surface area contributed by atoms with Gasteiger partial charge >= 0.3 is 0 Å². The summed E-state index contributed by atoms with van der Waals surface area (Å²) >= 11 is 0. The largest absolute Gasteiger partial charge is 0.507 e. The molecule has 17 nitrogen and oxygen atoms in total. The molecule has 242 valence electrons. The van der Waals surface area contributed by atoms with E-state index >= 15 is 0 Å². The van der Waals surface area contributed by atoms with E-state index in [2.05, 4.69) is 0 Å². The third-order valence-corrected chi connectivity index (χ3v) is 7.65. The van der Waals surface area contributed by atoms with Gasteiger partial charge in [0.05, 0.1) is 13.2 Å². The second-order valence-corrected chi connectivity index (χ2v) is 10.5. The molecule has 2 fully saturated rings. The minimum atomic E-state index is -1.90. The van der Waals surface area contributed by atoms with Crippen LogP contribution in [-0.2, 0) is 14.2 Å². The maximum Gasteiger partial charge on any atom is 0.229 e. The second kappa shape index (κ2) is 12.6. The molecule has 3 aliphatic heterocycles. The number of Topliss-reactive ketones (excluding diaryl/α,β-unsaturated/α-hetero) is 1. The van der Waals surface area contributed by atoms with Crippen LogP contribution in [0.5, 0.6) is 28.7 Å². The Kier molecular flexibility index (Phi) is 9.17. The van der Waals surface area contributed by atoms with E-state index in [0.29, 0.717) is 0 Å². The molecule has 3 heterocycles. The molecular weight excluding hydrogens is 596 g/mol. The van der Waals surface area contributed by atoms with Crippen LogP contribution in [0.3, 0.4) is 0 Å². The molecule has 0 bridgehead atoms. The molecule has 0 aliphatic carbocycles. The number of aromatic hydroxyl groups is 3. The molecule has 0 amide bonds. The number of phenolic OH excluding ortho intramolecular Hbond substituents is 3. The van der Waals surface area contributed by atoms with Gasteiger partial charge < -0.3 is 79.9 Å². The van der Waals surface area contributed by atoms with Crippen molar-refractivity contribution in [3.8, 4) is 28.7 Å². The van der Waals surface area contributed by atoms with Crippen molar-refractivity contribution in [1.29, 1.82) is 0 Å². The van der Waals surface area contributed by atoms with Crippen molar-refractivity contribution in [3.05, 3.63) is 41.5 Å². The summed E-state index contributed by atoms with van der Waals surface area (Å²) in [6.45, 7) is -1.51. The van der Waals surface area contributed by atoms with Crippen LogP contribution in [0.2, 0.25) is 0 Å². The maximum atomic E-state index is 13.8. The van der Waals surface area contributed by atoms with Gasteiger partial charge in [-0.15, -0.1) is 0 Å². The molecule has 2 saturated heterocycles. The van der Waals surface area contributed by atoms with Crippen molar-refractivity contribution >= 4 is 5.78 Å². The molecule has 2 aromatic rings. The van der Waals surface area contributed by atoms with Gasteiger partial charge in [-0.25, -0.2) is 0 Å². The lowest BCUT2D eigenvalue weighted by atomic mass is 9.92. The number of benzene rings is 2. The smallest absolute Gasteiger partial charge is 0.229 e. The van der Waals surface area contributed by atoms with Crippen LogP contribution in [0.25, 0.3) is 0 Å². The number of hydrogen-bond acceptors (Lipinski definition) is 17. The zero-order valence-electron chi connectivity index (χ0n) is 22.6. The van der Waals surface area contributed by atoms with E-state index in [1.54, 1.807) is 0 Å². The zero-order chi connectivity index (χ0) is 32.0. The molecule has 2 aromatic carbocycles. The second-order valence-electron chi connectivity index (χ2n) is 10.5. The van der Waals surface area contributed by atoms with Gasteiger partial charge in [0.2, 0.25) is 12.1 Å². The van der Waals surface area contributed by atoms with E-state index in [1.807, 2.05) is 0 Å². The molecule has 11 N–H and O–H groups in total. The highest BCUT2D eigenvalue weighted by Gasteiger charge is 2.50. The van der Waals surface area contributed by atoms with Crippen molar-refractivity contribution in [2.45, 2.75) is 73.6 Å². The van der Waals surface area contributed by atoms with Crippen molar-refractivity contribution < 1.29 is 84.7 Å². The number of rotatable bonds is 7. The van der Waals surface area contributed by atoms with E-state index in [9.17, 15) is 61.0 Å². The molecule has 0 aromatic heterocycles. The van der Waals surface area contributed by atoms with Gasteiger partial charge in [-0.3, -0.25) is 4.79 Å². The van der Waals surface area contributed by atoms with Gasteiger partial charge in [0.15, 0.2) is 30.0 Å². The number of phenols is 3. The number of carbonyl (C=O) groups is 1. The lowest BCUT2D eigenvalue weighted by molar-refractivity contribution is -0.311. The van der Waals surface area contributed by atoms with Crippen LogP contribution < -0.4 is 9.47 Å². The SMILES string of the molecule is O=C1c2c(O)cc(O[C@@H]3O[C@H](CO)[C@@H](O)[C@H](O)[C@H]3O)cc2O[C@@H](c2ccc(O)c(O)c2)[C@@H]1O[C@H]1O[C@@H](CO)[C@H](O)[C@@H](O)[C@@H]1O. The van der Waals surface area contributed by atoms with Gasteiger partial charge in [0.25, 0.3) is 0 Å². The van der Waals surface area contributed by atoms with Crippen molar-refractivity contribution in [1.82, 2.24) is 0 Å². The highest BCUT2D eigenvalue weighted by Crippen LogP contribution is 2.45. The standard InChI is InChI=1S/C27H32O17/c28-6-14-17(33)20(36)22(38)26(42-14)40-9-4-12(32)16-13(5-9)41-24(8-1-2-10(30)11(31)3-8)25(19(16)35)44-27-23(39)21(37)18(34)15(7-29)43-27/h1-5,14-15,17-18,20-34,36-39H,6-7H2/t14-,15+,17-,18+,20+,21-,22-,23+,24+,25-,26-,27-/m1/s1. The number of fused-ring (bicyclic) bond motifs is 1. The number of aliphatic hydroxyl groups excluding tert-OH is 8. The van der Waals surface area contributed by atoms with E-state index in [0.717, 1.165) is 24.3 Å². The molecule has 0 spiro atoms. The predicted octanol–water partition coefficient (Wildman–Crippen LogP) is -3.52. The average Bonchev–Trinajstić information content (AvgIpc) is 2.99. The van der Waals surface area contributed by atoms with Crippen LogP contribution in [0, 0.1) is 0 Å². The fraction of sp³-hybridized carbons (Fsp3) is 0.519. The Morgan fingerprint density at radius 1 is 0.682 bits per heavy atom. The normalized spacial score (nSPS) is 37.2. The monoisotopic (exact) mass is 628 g/mol. The van der Waals surface area contributed by atoms with Crippen LogP contribution >= 0.6 is 0 Å². The number of carbonyl (C=O) groups excluding carboxylic acids is 1. The molecule has 0 unspecified atom stereocenters. The van der Waals surface area contributed by atoms with Crippen molar-refractivity contribution in [2.24, 2.45) is 0 Å². The van der Waals surface area contributed by atoms with Gasteiger partial charge in [-0.2, -0.15) is 0 Å². The summed E-state index contributed by atoms with van der Waals surface area (Å²) < 4.78 is 27.9. The maximum absolute atomic E-state index is 13.8. The molecule has 44 heavy (non-hydrogen) atoms. The van der Waals surface area contributed by atoms with Gasteiger partial charge in [-0.1, -0.05) is 6.07 Å². The fourth-order valence-corrected chi connectivity index (χ4v) is 5.18. The third kappa shape index (κ3) is 5.75. The first-order chi connectivity index (χ1) is 20.9. The first kappa shape index (κ1) is 32.1. The Bertz CT molecular complexity index is 1350. The highest BCUT2D eigenvalue weighted by atomic mass is 16.7. The van der Waals surface area contributed by atoms with Crippen LogP contribution in [0.15, 0.2) is 30.3 Å². The quantitative estimate of drug-likeness (QED) is 0.133. The Labute approximate surface area is 247 Å². The predicted molar refractivity (Wildman–Crippen MR) is 139 cm³/mol. The summed E-state index contributed by atoms with van der Waals surface area (Å²) in [5.74, 6) is -3.33. The van der Waals surface area contributed by atoms with E-state index < -0.39 is 115 Å². The molecule has 0 saturated carbocycles. The van der Waals surface area contributed by atoms with E-state index in [4.69, 9.17) is 23.7 Å². The molecular formula is C27H32O17. The Balaban J connectivity index is 1.49. The summed E-state index contributed by atoms with van der Waals surface area (Å²) in [6, 6.07) is 5.48. The number of ketones is 1. The molecule has 3 aliphatic rings. The highest BCUT2D eigenvalue weighted by molar-refractivity contribution is 6.05.